The van der Waals surface area contributed by atoms with E-state index in [1.165, 1.54) is 18.2 Å². The first-order chi connectivity index (χ1) is 11.5. The van der Waals surface area contributed by atoms with E-state index in [2.05, 4.69) is 15.5 Å². The van der Waals surface area contributed by atoms with Crippen LogP contribution in [0.3, 0.4) is 0 Å². The van der Waals surface area contributed by atoms with Crippen LogP contribution in [0.25, 0.3) is 11.5 Å². The summed E-state index contributed by atoms with van der Waals surface area (Å²) in [6, 6.07) is 5.93. The van der Waals surface area contributed by atoms with Crippen LogP contribution < -0.4 is 5.32 Å². The zero-order chi connectivity index (χ0) is 17.1. The lowest BCUT2D eigenvalue weighted by Gasteiger charge is -2.07. The molecule has 0 bridgehead atoms. The Kier molecular flexibility index (Phi) is 4.66. The Bertz CT molecular complexity index is 875. The van der Waals surface area contributed by atoms with E-state index in [4.69, 9.17) is 8.83 Å². The van der Waals surface area contributed by atoms with E-state index >= 15 is 0 Å². The minimum atomic E-state index is -0.340. The third-order valence-electron chi connectivity index (χ3n) is 3.28. The average Bonchev–Trinajstić information content (AvgIpc) is 3.16. The predicted octanol–water partition coefficient (Wildman–Crippen LogP) is 3.82. The number of furan rings is 1. The van der Waals surface area contributed by atoms with Gasteiger partial charge in [0.1, 0.15) is 11.6 Å². The first-order valence-electron chi connectivity index (χ1n) is 7.09. The number of benzene rings is 1. The average molecular weight is 347 g/mol. The molecular formula is C16H14FN3O3S. The Labute approximate surface area is 141 Å². The maximum absolute atomic E-state index is 13.1. The highest BCUT2D eigenvalue weighted by molar-refractivity contribution is 7.99. The smallest absolute Gasteiger partial charge is 0.277 e. The largest absolute Gasteiger partial charge is 0.469 e. The van der Waals surface area contributed by atoms with Crippen molar-refractivity contribution in [3.63, 3.8) is 0 Å². The monoisotopic (exact) mass is 347 g/mol. The molecule has 2 aromatic heterocycles. The molecule has 0 fully saturated rings. The van der Waals surface area contributed by atoms with E-state index in [1.54, 1.807) is 26.2 Å². The number of hydrogen-bond acceptors (Lipinski definition) is 6. The van der Waals surface area contributed by atoms with Gasteiger partial charge in [-0.2, -0.15) is 0 Å². The molecule has 0 saturated carbocycles. The van der Waals surface area contributed by atoms with E-state index in [1.807, 2.05) is 0 Å². The lowest BCUT2D eigenvalue weighted by Crippen LogP contribution is -2.14. The summed E-state index contributed by atoms with van der Waals surface area (Å²) >= 11 is 1.12. The Morgan fingerprint density at radius 2 is 2.12 bits per heavy atom. The molecule has 0 saturated heterocycles. The number of thioether (sulfide) groups is 1. The van der Waals surface area contributed by atoms with Crippen LogP contribution in [-0.4, -0.2) is 21.9 Å². The number of nitrogens with one attached hydrogen (secondary N) is 1. The molecule has 3 rings (SSSR count). The van der Waals surface area contributed by atoms with Crippen LogP contribution in [0.1, 0.15) is 11.3 Å². The molecule has 0 aliphatic rings. The predicted molar refractivity (Wildman–Crippen MR) is 87.2 cm³/mol. The van der Waals surface area contributed by atoms with Crippen molar-refractivity contribution >= 4 is 23.4 Å². The molecule has 0 unspecified atom stereocenters. The van der Waals surface area contributed by atoms with Gasteiger partial charge < -0.3 is 14.2 Å². The molecule has 0 atom stereocenters. The summed E-state index contributed by atoms with van der Waals surface area (Å²) in [7, 11) is 0. The van der Waals surface area contributed by atoms with Gasteiger partial charge in [-0.05, 0) is 43.7 Å². The molecule has 1 amide bonds. The second-order valence-corrected chi connectivity index (χ2v) is 5.99. The number of carbonyl (C=O) groups is 1. The fraction of sp³-hybridized carbons (Fsp3) is 0.188. The molecule has 0 aliphatic heterocycles. The number of hydrogen-bond donors (Lipinski definition) is 1. The molecule has 0 spiro atoms. The van der Waals surface area contributed by atoms with Crippen LogP contribution >= 0.6 is 11.8 Å². The Morgan fingerprint density at radius 3 is 2.83 bits per heavy atom. The summed E-state index contributed by atoms with van der Waals surface area (Å²) < 4.78 is 23.7. The third kappa shape index (κ3) is 3.65. The molecule has 8 heteroatoms. The number of aryl methyl sites for hydroxylation is 2. The van der Waals surface area contributed by atoms with Gasteiger partial charge in [0.2, 0.25) is 5.91 Å². The van der Waals surface area contributed by atoms with Gasteiger partial charge in [-0.3, -0.25) is 4.79 Å². The van der Waals surface area contributed by atoms with Crippen LogP contribution in [0, 0.1) is 19.7 Å². The minimum Gasteiger partial charge on any atom is -0.469 e. The maximum atomic E-state index is 13.1. The van der Waals surface area contributed by atoms with Gasteiger partial charge in [-0.1, -0.05) is 11.8 Å². The van der Waals surface area contributed by atoms with Crippen molar-refractivity contribution in [3.8, 4) is 11.5 Å². The van der Waals surface area contributed by atoms with Crippen LogP contribution in [0.5, 0.6) is 0 Å². The zero-order valence-electron chi connectivity index (χ0n) is 13.0. The number of nitrogens with zero attached hydrogens (tertiary/aromatic N) is 2. The molecule has 124 valence electrons. The first kappa shape index (κ1) is 16.3. The zero-order valence-corrected chi connectivity index (χ0v) is 13.8. The standard InChI is InChI=1S/C16H14FN3O3S/c1-9-7-11(17)3-4-13(9)18-14(21)8-24-16-20-19-15(23-16)12-5-6-22-10(12)2/h3-7H,8H2,1-2H3,(H,18,21). The topological polar surface area (TPSA) is 81.2 Å². The molecule has 0 radical (unpaired) electrons. The number of amides is 1. The lowest BCUT2D eigenvalue weighted by atomic mass is 10.2. The fourth-order valence-corrected chi connectivity index (χ4v) is 2.63. The third-order valence-corrected chi connectivity index (χ3v) is 4.10. The molecule has 0 aliphatic carbocycles. The maximum Gasteiger partial charge on any atom is 0.277 e. The highest BCUT2D eigenvalue weighted by Gasteiger charge is 2.14. The molecule has 3 aromatic rings. The van der Waals surface area contributed by atoms with Gasteiger partial charge in [0.25, 0.3) is 11.1 Å². The summed E-state index contributed by atoms with van der Waals surface area (Å²) in [5.74, 6) is 0.544. The van der Waals surface area contributed by atoms with Crippen molar-refractivity contribution < 1.29 is 18.0 Å². The summed E-state index contributed by atoms with van der Waals surface area (Å²) in [6.07, 6.45) is 1.54. The van der Waals surface area contributed by atoms with Gasteiger partial charge in [0.05, 0.1) is 17.6 Å². The molecule has 24 heavy (non-hydrogen) atoms. The first-order valence-corrected chi connectivity index (χ1v) is 8.08. The lowest BCUT2D eigenvalue weighted by molar-refractivity contribution is -0.113. The minimum absolute atomic E-state index is 0.100. The number of carbonyl (C=O) groups excluding carboxylic acids is 1. The summed E-state index contributed by atoms with van der Waals surface area (Å²) in [5, 5.41) is 10.8. The van der Waals surface area contributed by atoms with Gasteiger partial charge in [0.15, 0.2) is 0 Å². The van der Waals surface area contributed by atoms with Crippen molar-refractivity contribution in [3.05, 3.63) is 47.7 Å². The van der Waals surface area contributed by atoms with Crippen LogP contribution in [0.15, 0.2) is 44.6 Å². The number of aromatic nitrogens is 2. The number of anilines is 1. The number of rotatable bonds is 5. The summed E-state index contributed by atoms with van der Waals surface area (Å²) in [4.78, 5) is 12.0. The van der Waals surface area contributed by atoms with E-state index in [9.17, 15) is 9.18 Å². The molecule has 2 heterocycles. The fourth-order valence-electron chi connectivity index (χ4n) is 2.06. The van der Waals surface area contributed by atoms with Gasteiger partial charge in [0, 0.05) is 5.69 Å². The van der Waals surface area contributed by atoms with Crippen molar-refractivity contribution in [2.45, 2.75) is 19.1 Å². The summed E-state index contributed by atoms with van der Waals surface area (Å²) in [5.41, 5.74) is 1.95. The van der Waals surface area contributed by atoms with Crippen molar-refractivity contribution in [2.75, 3.05) is 11.1 Å². The van der Waals surface area contributed by atoms with Gasteiger partial charge >= 0.3 is 0 Å². The van der Waals surface area contributed by atoms with E-state index in [0.717, 1.165) is 17.3 Å². The molecular weight excluding hydrogens is 333 g/mol. The molecule has 1 N–H and O–H groups in total. The molecule has 1 aromatic carbocycles. The Hall–Kier alpha value is -2.61. The summed E-state index contributed by atoms with van der Waals surface area (Å²) in [6.45, 7) is 3.52. The Morgan fingerprint density at radius 1 is 1.29 bits per heavy atom. The molecule has 6 nitrogen and oxygen atoms in total. The quantitative estimate of drug-likeness (QED) is 0.707. The second-order valence-electron chi connectivity index (χ2n) is 5.06. The Balaban J connectivity index is 1.59. The highest BCUT2D eigenvalue weighted by atomic mass is 32.2. The SMILES string of the molecule is Cc1cc(F)ccc1NC(=O)CSc1nnc(-c2ccoc2C)o1. The highest BCUT2D eigenvalue weighted by Crippen LogP contribution is 2.26. The van der Waals surface area contributed by atoms with Crippen molar-refractivity contribution in [1.82, 2.24) is 10.2 Å². The number of halogens is 1. The van der Waals surface area contributed by atoms with Gasteiger partial charge in [-0.25, -0.2) is 4.39 Å². The van der Waals surface area contributed by atoms with Crippen molar-refractivity contribution in [1.29, 1.82) is 0 Å². The van der Waals surface area contributed by atoms with Crippen molar-refractivity contribution in [2.24, 2.45) is 0 Å². The van der Waals surface area contributed by atoms with Gasteiger partial charge in [-0.15, -0.1) is 10.2 Å². The van der Waals surface area contributed by atoms with Crippen LogP contribution in [0.4, 0.5) is 10.1 Å². The van der Waals surface area contributed by atoms with E-state index in [-0.39, 0.29) is 22.7 Å². The van der Waals surface area contributed by atoms with E-state index < -0.39 is 0 Å². The van der Waals surface area contributed by atoms with Crippen LogP contribution in [-0.2, 0) is 4.79 Å². The van der Waals surface area contributed by atoms with Crippen LogP contribution in [0.2, 0.25) is 0 Å². The second kappa shape index (κ2) is 6.88. The van der Waals surface area contributed by atoms with E-state index in [0.29, 0.717) is 22.9 Å². The normalized spacial score (nSPS) is 10.8.